The first kappa shape index (κ1) is 19.2. The van der Waals surface area contributed by atoms with Gasteiger partial charge in [-0.15, -0.1) is 0 Å². The molecule has 3 heterocycles. The van der Waals surface area contributed by atoms with Crippen LogP contribution in [0.4, 0.5) is 0 Å². The maximum atomic E-state index is 13.2. The normalized spacial score (nSPS) is 20.5. The summed E-state index contributed by atoms with van der Waals surface area (Å²) < 4.78 is 2.04. The average molecular weight is 385 g/mol. The summed E-state index contributed by atoms with van der Waals surface area (Å²) in [7, 11) is 1.92. The Kier molecular flexibility index (Phi) is 5.04. The van der Waals surface area contributed by atoms with E-state index < -0.39 is 0 Å². The van der Waals surface area contributed by atoms with E-state index in [0.717, 1.165) is 42.9 Å². The highest BCUT2D eigenvalue weighted by atomic mass is 16.2. The van der Waals surface area contributed by atoms with Gasteiger partial charge in [-0.2, -0.15) is 5.10 Å². The van der Waals surface area contributed by atoms with E-state index >= 15 is 0 Å². The maximum absolute atomic E-state index is 13.2. The molecule has 152 valence electrons. The molecule has 7 nitrogen and oxygen atoms in total. The molecule has 1 fully saturated rings. The van der Waals surface area contributed by atoms with Gasteiger partial charge in [-0.25, -0.2) is 4.98 Å². The molecule has 0 saturated heterocycles. The molecule has 1 aliphatic carbocycles. The third-order valence-corrected chi connectivity index (χ3v) is 6.69. The summed E-state index contributed by atoms with van der Waals surface area (Å²) in [5, 5.41) is 8.29. The Balaban J connectivity index is 1.45. The minimum absolute atomic E-state index is 0.121. The number of amides is 1. The van der Waals surface area contributed by atoms with Crippen molar-refractivity contribution in [2.75, 3.05) is 13.6 Å². The topological polar surface area (TPSA) is 78.8 Å². The van der Waals surface area contributed by atoms with Gasteiger partial charge in [-0.1, -0.05) is 12.8 Å². The van der Waals surface area contributed by atoms with Crippen molar-refractivity contribution in [1.29, 1.82) is 0 Å². The van der Waals surface area contributed by atoms with Crippen LogP contribution in [0.2, 0.25) is 0 Å². The van der Waals surface area contributed by atoms with Crippen molar-refractivity contribution < 1.29 is 4.79 Å². The van der Waals surface area contributed by atoms with Crippen molar-refractivity contribution in [3.8, 4) is 0 Å². The molecule has 0 bridgehead atoms. The number of carbonyl (C=O) groups is 1. The van der Waals surface area contributed by atoms with Crippen molar-refractivity contribution in [3.05, 3.63) is 34.7 Å². The molecule has 2 aromatic heterocycles. The van der Waals surface area contributed by atoms with Gasteiger partial charge in [0, 0.05) is 37.9 Å². The number of fused-ring (bicyclic) bond motifs is 2. The lowest BCUT2D eigenvalue weighted by Crippen LogP contribution is -2.57. The Hall–Kier alpha value is -2.15. The second-order valence-electron chi connectivity index (χ2n) is 8.39. The molecule has 4 rings (SSSR count). The predicted octanol–water partition coefficient (Wildman–Crippen LogP) is 2.23. The smallest absolute Gasteiger partial charge is 0.239 e. The first-order chi connectivity index (χ1) is 13.4. The van der Waals surface area contributed by atoms with E-state index in [-0.39, 0.29) is 17.5 Å². The summed E-state index contributed by atoms with van der Waals surface area (Å²) >= 11 is 0. The van der Waals surface area contributed by atoms with E-state index in [1.165, 1.54) is 24.1 Å². The summed E-state index contributed by atoms with van der Waals surface area (Å²) in [6.45, 7) is 7.87. The van der Waals surface area contributed by atoms with Gasteiger partial charge in [-0.05, 0) is 45.6 Å². The highest BCUT2D eigenvalue weighted by molar-refractivity contribution is 5.82. The van der Waals surface area contributed by atoms with Crippen LogP contribution in [0.15, 0.2) is 6.33 Å². The van der Waals surface area contributed by atoms with Crippen LogP contribution in [0, 0.1) is 13.8 Å². The fraction of sp³-hybridized carbons (Fsp3) is 0.667. The molecule has 2 N–H and O–H groups in total. The van der Waals surface area contributed by atoms with Gasteiger partial charge < -0.3 is 9.88 Å². The lowest BCUT2D eigenvalue weighted by Gasteiger charge is -2.39. The van der Waals surface area contributed by atoms with Crippen LogP contribution in [0.1, 0.15) is 60.9 Å². The number of nitrogens with zero attached hydrogens (tertiary/aromatic N) is 4. The van der Waals surface area contributed by atoms with Gasteiger partial charge in [-0.3, -0.25) is 14.8 Å². The number of imidazole rings is 1. The Morgan fingerprint density at radius 1 is 1.36 bits per heavy atom. The third-order valence-electron chi connectivity index (χ3n) is 6.69. The van der Waals surface area contributed by atoms with Crippen LogP contribution in [0.3, 0.4) is 0 Å². The van der Waals surface area contributed by atoms with Crippen molar-refractivity contribution in [2.45, 2.75) is 77.4 Å². The van der Waals surface area contributed by atoms with Crippen molar-refractivity contribution in [1.82, 2.24) is 30.0 Å². The fourth-order valence-electron chi connectivity index (χ4n) is 5.11. The zero-order valence-electron chi connectivity index (χ0n) is 17.5. The number of aryl methyl sites for hydroxylation is 2. The molecule has 1 aliphatic heterocycles. The van der Waals surface area contributed by atoms with Gasteiger partial charge in [0.05, 0.1) is 29.3 Å². The molecule has 1 atom stereocenters. The number of aromatic amines is 1. The molecule has 0 aromatic carbocycles. The summed E-state index contributed by atoms with van der Waals surface area (Å²) in [6, 6.07) is -0.184. The van der Waals surface area contributed by atoms with Crippen molar-refractivity contribution in [3.63, 3.8) is 0 Å². The number of aromatic nitrogens is 4. The van der Waals surface area contributed by atoms with Crippen LogP contribution in [-0.4, -0.2) is 50.2 Å². The maximum Gasteiger partial charge on any atom is 0.239 e. The number of hydrogen-bond donors (Lipinski definition) is 2. The number of hydrogen-bond acceptors (Lipinski definition) is 4. The lowest BCUT2D eigenvalue weighted by atomic mass is 9.84. The molecule has 1 spiro atoms. The van der Waals surface area contributed by atoms with Crippen LogP contribution in [0.5, 0.6) is 0 Å². The number of rotatable bonds is 5. The number of nitrogens with one attached hydrogen (secondary N) is 2. The van der Waals surface area contributed by atoms with Gasteiger partial charge in [0.1, 0.15) is 0 Å². The summed E-state index contributed by atoms with van der Waals surface area (Å²) in [6.07, 6.45) is 7.81. The summed E-state index contributed by atoms with van der Waals surface area (Å²) in [4.78, 5) is 23.0. The van der Waals surface area contributed by atoms with Crippen LogP contribution in [0.25, 0.3) is 0 Å². The molecule has 2 aliphatic rings. The van der Waals surface area contributed by atoms with E-state index in [1.807, 2.05) is 16.6 Å². The van der Waals surface area contributed by atoms with E-state index in [1.54, 1.807) is 6.33 Å². The molecular weight excluding hydrogens is 352 g/mol. The fourth-order valence-corrected chi connectivity index (χ4v) is 5.11. The van der Waals surface area contributed by atoms with E-state index in [2.05, 4.69) is 41.2 Å². The molecular formula is C21H32N6O. The van der Waals surface area contributed by atoms with Crippen LogP contribution in [-0.2, 0) is 29.7 Å². The minimum Gasteiger partial charge on any atom is -0.348 e. The second kappa shape index (κ2) is 7.35. The Morgan fingerprint density at radius 3 is 2.79 bits per heavy atom. The average Bonchev–Trinajstić information content (AvgIpc) is 3.40. The van der Waals surface area contributed by atoms with Gasteiger partial charge in [0.2, 0.25) is 5.91 Å². The Labute approximate surface area is 166 Å². The van der Waals surface area contributed by atoms with E-state index in [0.29, 0.717) is 13.0 Å². The Morgan fingerprint density at radius 2 is 2.11 bits per heavy atom. The molecule has 0 radical (unpaired) electrons. The highest BCUT2D eigenvalue weighted by Crippen LogP contribution is 2.42. The van der Waals surface area contributed by atoms with Gasteiger partial charge >= 0.3 is 0 Å². The number of H-pyrrole nitrogens is 1. The summed E-state index contributed by atoms with van der Waals surface area (Å²) in [5.41, 5.74) is 5.69. The first-order valence-corrected chi connectivity index (χ1v) is 10.5. The monoisotopic (exact) mass is 384 g/mol. The molecule has 1 saturated carbocycles. The van der Waals surface area contributed by atoms with E-state index in [9.17, 15) is 4.79 Å². The SMILES string of the molecule is CCn1nc(C)c(CCN(C)C(=O)C2Cc3[nH]cnc3C3(CCCC3)N2)c1C. The quantitative estimate of drug-likeness (QED) is 0.829. The van der Waals surface area contributed by atoms with Crippen LogP contribution < -0.4 is 5.32 Å². The summed E-state index contributed by atoms with van der Waals surface area (Å²) in [5.74, 6) is 0.171. The zero-order chi connectivity index (χ0) is 19.9. The molecule has 28 heavy (non-hydrogen) atoms. The molecule has 7 heteroatoms. The third kappa shape index (κ3) is 3.15. The molecule has 2 aromatic rings. The first-order valence-electron chi connectivity index (χ1n) is 10.5. The predicted molar refractivity (Wildman–Crippen MR) is 108 cm³/mol. The number of carbonyl (C=O) groups excluding carboxylic acids is 1. The highest BCUT2D eigenvalue weighted by Gasteiger charge is 2.46. The second-order valence-corrected chi connectivity index (χ2v) is 8.39. The standard InChI is InChI=1S/C21H32N6O/c1-5-27-15(3)16(14(2)25-27)8-11-26(4)20(28)18-12-17-19(23-13-22-17)21(24-18)9-6-7-10-21/h13,18,24H,5-12H2,1-4H3,(H,22,23). The minimum atomic E-state index is -0.184. The van der Waals surface area contributed by atoms with E-state index in [4.69, 9.17) is 0 Å². The lowest BCUT2D eigenvalue weighted by molar-refractivity contribution is -0.133. The molecule has 1 amide bonds. The van der Waals surface area contributed by atoms with Crippen molar-refractivity contribution in [2.24, 2.45) is 0 Å². The zero-order valence-corrected chi connectivity index (χ0v) is 17.5. The largest absolute Gasteiger partial charge is 0.348 e. The van der Waals surface area contributed by atoms with Gasteiger partial charge in [0.25, 0.3) is 0 Å². The molecule has 1 unspecified atom stereocenters. The Bertz CT molecular complexity index is 860. The number of likely N-dealkylation sites (N-methyl/N-ethyl adjacent to an activating group) is 1. The van der Waals surface area contributed by atoms with Gasteiger partial charge in [0.15, 0.2) is 0 Å². The van der Waals surface area contributed by atoms with Crippen molar-refractivity contribution >= 4 is 5.91 Å². The van der Waals surface area contributed by atoms with Crippen LogP contribution >= 0.6 is 0 Å².